The van der Waals surface area contributed by atoms with E-state index < -0.39 is 10.9 Å². The average Bonchev–Trinajstić information content (AvgIpc) is 3.20. The van der Waals surface area contributed by atoms with E-state index in [4.69, 9.17) is 4.74 Å². The fourth-order valence-electron chi connectivity index (χ4n) is 8.49. The van der Waals surface area contributed by atoms with Gasteiger partial charge in [-0.15, -0.1) is 0 Å². The van der Waals surface area contributed by atoms with Gasteiger partial charge in [0.05, 0.1) is 10.5 Å². The number of hydrogen-bond donors (Lipinski definition) is 0. The van der Waals surface area contributed by atoms with Crippen LogP contribution in [0.2, 0.25) is 0 Å². The van der Waals surface area contributed by atoms with E-state index in [9.17, 15) is 19.7 Å². The van der Waals surface area contributed by atoms with E-state index in [0.29, 0.717) is 41.7 Å². The Morgan fingerprint density at radius 1 is 1.11 bits per heavy atom. The number of nitro groups is 1. The maximum atomic E-state index is 12.8. The number of non-ortho nitro benzene ring substituents is 1. The number of likely N-dealkylation sites (tertiary alicyclic amines) is 1. The number of ether oxygens (including phenoxy) is 1. The largest absolute Gasteiger partial charge is 0.459 e. The zero-order valence-corrected chi connectivity index (χ0v) is 22.7. The predicted molar refractivity (Wildman–Crippen MR) is 138 cm³/mol. The monoisotopic (exact) mass is 498 g/mol. The molecule has 7 heteroatoms. The number of nitrogens with zero attached hydrogens (tertiary/aromatic N) is 2. The molecule has 0 bridgehead atoms. The molecule has 1 amide bonds. The summed E-state index contributed by atoms with van der Waals surface area (Å²) in [5.74, 6) is 2.12. The second-order valence-corrected chi connectivity index (χ2v) is 12.0. The zero-order chi connectivity index (χ0) is 26.4. The molecule has 7 nitrogen and oxygen atoms in total. The molecule has 36 heavy (non-hydrogen) atoms. The van der Waals surface area contributed by atoms with Gasteiger partial charge in [-0.05, 0) is 85.2 Å². The van der Waals surface area contributed by atoms with Gasteiger partial charge in [0.25, 0.3) is 5.69 Å². The van der Waals surface area contributed by atoms with Crippen molar-refractivity contribution < 1.29 is 19.2 Å². The van der Waals surface area contributed by atoms with Gasteiger partial charge in [0.2, 0.25) is 5.91 Å². The molecular formula is C29H42N2O5. The number of piperidine rings is 1. The van der Waals surface area contributed by atoms with E-state index >= 15 is 0 Å². The van der Waals surface area contributed by atoms with Crippen LogP contribution in [-0.2, 0) is 9.53 Å². The summed E-state index contributed by atoms with van der Waals surface area (Å²) in [4.78, 5) is 37.7. The van der Waals surface area contributed by atoms with Crippen molar-refractivity contribution >= 4 is 17.6 Å². The van der Waals surface area contributed by atoms with Gasteiger partial charge in [0.1, 0.15) is 6.10 Å². The molecule has 0 N–H and O–H groups in total. The summed E-state index contributed by atoms with van der Waals surface area (Å²) in [5.41, 5.74) is 0.652. The van der Waals surface area contributed by atoms with Crippen LogP contribution < -0.4 is 0 Å². The van der Waals surface area contributed by atoms with Crippen molar-refractivity contribution in [3.63, 3.8) is 0 Å². The molecule has 198 valence electrons. The van der Waals surface area contributed by atoms with E-state index in [-0.39, 0.29) is 28.5 Å². The first-order valence-electron chi connectivity index (χ1n) is 13.7. The Morgan fingerprint density at radius 2 is 1.78 bits per heavy atom. The quantitative estimate of drug-likeness (QED) is 0.279. The summed E-state index contributed by atoms with van der Waals surface area (Å²) >= 11 is 0. The van der Waals surface area contributed by atoms with Gasteiger partial charge in [-0.2, -0.15) is 0 Å². The lowest BCUT2D eigenvalue weighted by Gasteiger charge is -2.63. The Kier molecular flexibility index (Phi) is 7.24. The first-order chi connectivity index (χ1) is 17.0. The van der Waals surface area contributed by atoms with Gasteiger partial charge in [-0.25, -0.2) is 4.79 Å². The Hall–Kier alpha value is -2.44. The number of esters is 1. The molecule has 1 aromatic rings. The number of fused-ring (bicyclic) bond motifs is 5. The number of amides is 1. The highest BCUT2D eigenvalue weighted by Gasteiger charge is 2.62. The van der Waals surface area contributed by atoms with Gasteiger partial charge in [0, 0.05) is 31.6 Å². The number of carbonyl (C=O) groups excluding carboxylic acids is 2. The third kappa shape index (κ3) is 4.32. The predicted octanol–water partition coefficient (Wildman–Crippen LogP) is 6.26. The van der Waals surface area contributed by atoms with Crippen LogP contribution in [0, 0.1) is 44.6 Å². The smallest absolute Gasteiger partial charge is 0.338 e. The van der Waals surface area contributed by atoms with Crippen molar-refractivity contribution in [2.24, 2.45) is 34.5 Å². The third-order valence-electron chi connectivity index (χ3n) is 10.2. The van der Waals surface area contributed by atoms with Crippen LogP contribution in [0.25, 0.3) is 0 Å². The van der Waals surface area contributed by atoms with Gasteiger partial charge >= 0.3 is 5.97 Å². The molecule has 1 heterocycles. The second-order valence-electron chi connectivity index (χ2n) is 12.0. The molecule has 4 aliphatic rings. The molecule has 5 unspecified atom stereocenters. The molecule has 8 atom stereocenters. The lowest BCUT2D eigenvalue weighted by molar-refractivity contribution is -0.384. The van der Waals surface area contributed by atoms with E-state index in [1.165, 1.54) is 30.7 Å². The highest BCUT2D eigenvalue weighted by atomic mass is 16.6. The molecule has 1 saturated heterocycles. The van der Waals surface area contributed by atoms with Crippen molar-refractivity contribution in [1.29, 1.82) is 0 Å². The van der Waals surface area contributed by atoms with Crippen LogP contribution in [0.5, 0.6) is 0 Å². The van der Waals surface area contributed by atoms with Crippen molar-refractivity contribution in [2.75, 3.05) is 7.05 Å². The number of nitro benzene ring substituents is 1. The third-order valence-corrected chi connectivity index (χ3v) is 10.2. The van der Waals surface area contributed by atoms with Crippen LogP contribution in [0.1, 0.15) is 89.9 Å². The van der Waals surface area contributed by atoms with E-state index in [1.807, 2.05) is 25.8 Å². The standard InChI is InChI=1S/C27H36N2O5.C2H6/c1-16-13-22-27(3,12-10-23(30)28(22)4)20-9-11-26(2)15-19(14-21(26)24(16)20)34-25(31)17-5-7-18(8-6-17)29(32)33;1-2/h5-8,16,19-22,24H,9-15H2,1-4H3;1-2H3/t16?,19-,20?,21?,22?,24?,26-,27-;/m1./s1. The Labute approximate surface area is 215 Å². The first-order valence-corrected chi connectivity index (χ1v) is 13.7. The summed E-state index contributed by atoms with van der Waals surface area (Å²) in [6, 6.07) is 5.98. The van der Waals surface area contributed by atoms with E-state index in [0.717, 1.165) is 32.1 Å². The molecular weight excluding hydrogens is 456 g/mol. The minimum absolute atomic E-state index is 0.0323. The fourth-order valence-corrected chi connectivity index (χ4v) is 8.49. The van der Waals surface area contributed by atoms with Crippen LogP contribution in [0.4, 0.5) is 5.69 Å². The molecule has 1 aliphatic heterocycles. The van der Waals surface area contributed by atoms with E-state index in [1.54, 1.807) is 0 Å². The Morgan fingerprint density at radius 3 is 2.42 bits per heavy atom. The van der Waals surface area contributed by atoms with Crippen LogP contribution in [0.15, 0.2) is 24.3 Å². The highest BCUT2D eigenvalue weighted by Crippen LogP contribution is 2.66. The molecule has 1 aromatic carbocycles. The van der Waals surface area contributed by atoms with Crippen molar-refractivity contribution in [3.8, 4) is 0 Å². The number of benzene rings is 1. The summed E-state index contributed by atoms with van der Waals surface area (Å²) in [7, 11) is 1.99. The summed E-state index contributed by atoms with van der Waals surface area (Å²) in [6.07, 6.45) is 6.65. The molecule has 3 saturated carbocycles. The Bertz CT molecular complexity index is 1010. The van der Waals surface area contributed by atoms with Gasteiger partial charge in [-0.3, -0.25) is 14.9 Å². The van der Waals surface area contributed by atoms with Crippen LogP contribution >= 0.6 is 0 Å². The number of rotatable bonds is 3. The van der Waals surface area contributed by atoms with Gasteiger partial charge < -0.3 is 9.64 Å². The maximum Gasteiger partial charge on any atom is 0.338 e. The lowest BCUT2D eigenvalue weighted by atomic mass is 9.45. The highest BCUT2D eigenvalue weighted by molar-refractivity contribution is 5.89. The van der Waals surface area contributed by atoms with Crippen molar-refractivity contribution in [3.05, 3.63) is 39.9 Å². The summed E-state index contributed by atoms with van der Waals surface area (Å²) < 4.78 is 5.97. The molecule has 0 spiro atoms. The maximum absolute atomic E-state index is 12.8. The molecule has 3 aliphatic carbocycles. The van der Waals surface area contributed by atoms with Crippen molar-refractivity contribution in [1.82, 2.24) is 4.90 Å². The normalized spacial score (nSPS) is 39.2. The average molecular weight is 499 g/mol. The van der Waals surface area contributed by atoms with Crippen LogP contribution in [-0.4, -0.2) is 40.9 Å². The minimum atomic E-state index is -0.468. The summed E-state index contributed by atoms with van der Waals surface area (Å²) in [6.45, 7) is 11.2. The topological polar surface area (TPSA) is 89.8 Å². The molecule has 0 radical (unpaired) electrons. The zero-order valence-electron chi connectivity index (χ0n) is 22.7. The van der Waals surface area contributed by atoms with Gasteiger partial charge in [-0.1, -0.05) is 34.6 Å². The summed E-state index contributed by atoms with van der Waals surface area (Å²) in [5, 5.41) is 10.9. The molecule has 5 rings (SSSR count). The molecule has 4 fully saturated rings. The van der Waals surface area contributed by atoms with E-state index in [2.05, 4.69) is 20.8 Å². The second kappa shape index (κ2) is 9.79. The SMILES string of the molecule is CC.CC1CC2N(C)C(=O)CC[C@]2(C)C2CC[C@]3(C)C[C@H](OC(=O)c4ccc([N+](=O)[O-])cc4)CC3C12. The van der Waals surface area contributed by atoms with Gasteiger partial charge in [0.15, 0.2) is 0 Å². The Balaban J connectivity index is 0.00000148. The first kappa shape index (κ1) is 26.6. The number of carbonyl (C=O) groups is 2. The van der Waals surface area contributed by atoms with Crippen molar-refractivity contribution in [2.45, 2.75) is 91.7 Å². The minimum Gasteiger partial charge on any atom is -0.459 e. The molecule has 0 aromatic heterocycles. The fraction of sp³-hybridized carbons (Fsp3) is 0.724. The lowest BCUT2D eigenvalue weighted by Crippen LogP contribution is -2.62. The van der Waals surface area contributed by atoms with Crippen LogP contribution in [0.3, 0.4) is 0 Å². The number of hydrogen-bond acceptors (Lipinski definition) is 5.